The molecule has 0 unspecified atom stereocenters. The van der Waals surface area contributed by atoms with E-state index in [4.69, 9.17) is 17.0 Å². The van der Waals surface area contributed by atoms with Crippen LogP contribution in [-0.4, -0.2) is 21.3 Å². The second kappa shape index (κ2) is 8.17. The number of aromatic nitrogens is 1. The number of amides is 2. The lowest BCUT2D eigenvalue weighted by molar-refractivity contribution is -0.122. The van der Waals surface area contributed by atoms with Crippen molar-refractivity contribution in [2.45, 2.75) is 13.8 Å². The number of rotatable bonds is 4. The van der Waals surface area contributed by atoms with Gasteiger partial charge in [-0.1, -0.05) is 18.2 Å². The molecule has 1 aliphatic heterocycles. The smallest absolute Gasteiger partial charge is 0.270 e. The summed E-state index contributed by atoms with van der Waals surface area (Å²) in [5.74, 6) is 0.332. The van der Waals surface area contributed by atoms with Crippen molar-refractivity contribution in [2.75, 3.05) is 4.90 Å². The van der Waals surface area contributed by atoms with Gasteiger partial charge >= 0.3 is 0 Å². The molecule has 0 bridgehead atoms. The fourth-order valence-electron chi connectivity index (χ4n) is 3.02. The van der Waals surface area contributed by atoms with Crippen molar-refractivity contribution in [3.63, 3.8) is 0 Å². The Balaban J connectivity index is 1.62. The standard InChI is InChI=1S/C22H17N3O3S2/c1-13-18(14(2)30-24-13)12-19-20(26)23-22(29)25(21(19)27)15-8-10-17(11-9-15)28-16-6-4-3-5-7-16/h3-12H,1-2H3,(H,23,26,29)/b19-12+. The third-order valence-electron chi connectivity index (χ3n) is 4.55. The van der Waals surface area contributed by atoms with E-state index in [0.29, 0.717) is 17.2 Å². The summed E-state index contributed by atoms with van der Waals surface area (Å²) in [7, 11) is 0. The Morgan fingerprint density at radius 2 is 1.70 bits per heavy atom. The quantitative estimate of drug-likeness (QED) is 0.374. The maximum Gasteiger partial charge on any atom is 0.270 e. The van der Waals surface area contributed by atoms with Crippen molar-refractivity contribution in [3.8, 4) is 11.5 Å². The molecule has 4 rings (SSSR count). The highest BCUT2D eigenvalue weighted by molar-refractivity contribution is 7.80. The van der Waals surface area contributed by atoms with Crippen molar-refractivity contribution in [2.24, 2.45) is 0 Å². The number of nitrogens with zero attached hydrogens (tertiary/aromatic N) is 2. The highest BCUT2D eigenvalue weighted by Crippen LogP contribution is 2.28. The number of carbonyl (C=O) groups excluding carboxylic acids is 2. The molecular weight excluding hydrogens is 418 g/mol. The molecule has 30 heavy (non-hydrogen) atoms. The number of para-hydroxylation sites is 1. The van der Waals surface area contributed by atoms with Gasteiger partial charge < -0.3 is 4.74 Å². The van der Waals surface area contributed by atoms with Crippen molar-refractivity contribution in [3.05, 3.63) is 76.3 Å². The second-order valence-electron chi connectivity index (χ2n) is 6.60. The maximum absolute atomic E-state index is 13.1. The topological polar surface area (TPSA) is 71.5 Å². The molecule has 1 aliphatic rings. The van der Waals surface area contributed by atoms with Gasteiger partial charge in [-0.15, -0.1) is 0 Å². The number of thiocarbonyl (C=S) groups is 1. The van der Waals surface area contributed by atoms with Crippen LogP contribution >= 0.6 is 23.8 Å². The van der Waals surface area contributed by atoms with E-state index in [2.05, 4.69) is 9.69 Å². The molecule has 1 N–H and O–H groups in total. The summed E-state index contributed by atoms with van der Waals surface area (Å²) in [6.45, 7) is 3.74. The Hall–Kier alpha value is -3.36. The number of anilines is 1. The molecule has 1 saturated heterocycles. The van der Waals surface area contributed by atoms with E-state index in [1.165, 1.54) is 16.4 Å². The first-order valence-corrected chi connectivity index (χ1v) is 10.3. The Morgan fingerprint density at radius 1 is 1.03 bits per heavy atom. The third kappa shape index (κ3) is 3.87. The largest absolute Gasteiger partial charge is 0.457 e. The molecule has 150 valence electrons. The van der Waals surface area contributed by atoms with E-state index in [1.54, 1.807) is 30.3 Å². The van der Waals surface area contributed by atoms with E-state index >= 15 is 0 Å². The van der Waals surface area contributed by atoms with Crippen molar-refractivity contribution >= 4 is 52.4 Å². The lowest BCUT2D eigenvalue weighted by Crippen LogP contribution is -2.54. The molecule has 8 heteroatoms. The fourth-order valence-corrected chi connectivity index (χ4v) is 3.98. The number of aryl methyl sites for hydroxylation is 2. The van der Waals surface area contributed by atoms with E-state index < -0.39 is 11.8 Å². The molecule has 0 radical (unpaired) electrons. The summed E-state index contributed by atoms with van der Waals surface area (Å²) < 4.78 is 10.1. The van der Waals surface area contributed by atoms with Crippen LogP contribution in [0.25, 0.3) is 6.08 Å². The molecule has 1 aromatic heterocycles. The van der Waals surface area contributed by atoms with Crippen molar-refractivity contribution in [1.82, 2.24) is 9.69 Å². The molecule has 6 nitrogen and oxygen atoms in total. The zero-order valence-corrected chi connectivity index (χ0v) is 17.8. The molecule has 0 atom stereocenters. The summed E-state index contributed by atoms with van der Waals surface area (Å²) >= 11 is 6.59. The normalized spacial score (nSPS) is 15.5. The van der Waals surface area contributed by atoms with Gasteiger partial charge in [-0.2, -0.15) is 4.37 Å². The lowest BCUT2D eigenvalue weighted by Gasteiger charge is -2.29. The van der Waals surface area contributed by atoms with Gasteiger partial charge in [0.2, 0.25) is 0 Å². The van der Waals surface area contributed by atoms with Gasteiger partial charge in [0.15, 0.2) is 5.11 Å². The molecule has 2 aromatic carbocycles. The molecule has 0 spiro atoms. The van der Waals surface area contributed by atoms with Gasteiger partial charge in [-0.3, -0.25) is 19.8 Å². The first-order valence-electron chi connectivity index (χ1n) is 9.11. The van der Waals surface area contributed by atoms with Crippen LogP contribution in [0.5, 0.6) is 11.5 Å². The van der Waals surface area contributed by atoms with Crippen LogP contribution in [0.3, 0.4) is 0 Å². The Morgan fingerprint density at radius 3 is 2.33 bits per heavy atom. The van der Waals surface area contributed by atoms with Crippen LogP contribution in [0.1, 0.15) is 16.1 Å². The van der Waals surface area contributed by atoms with Gasteiger partial charge in [0.25, 0.3) is 11.8 Å². The van der Waals surface area contributed by atoms with Crippen molar-refractivity contribution < 1.29 is 14.3 Å². The Kier molecular flexibility index (Phi) is 5.43. The Labute approximate surface area is 183 Å². The van der Waals surface area contributed by atoms with Crippen LogP contribution < -0.4 is 15.0 Å². The Bertz CT molecular complexity index is 1150. The van der Waals surface area contributed by atoms with Gasteiger partial charge in [-0.25, -0.2) is 0 Å². The average molecular weight is 436 g/mol. The maximum atomic E-state index is 13.1. The monoisotopic (exact) mass is 435 g/mol. The zero-order chi connectivity index (χ0) is 21.3. The number of nitrogens with one attached hydrogen (secondary N) is 1. The fraction of sp³-hybridized carbons (Fsp3) is 0.0909. The van der Waals surface area contributed by atoms with Crippen LogP contribution in [0.4, 0.5) is 5.69 Å². The number of carbonyl (C=O) groups is 2. The minimum absolute atomic E-state index is 0.0135. The van der Waals surface area contributed by atoms with Crippen molar-refractivity contribution in [1.29, 1.82) is 0 Å². The summed E-state index contributed by atoms with van der Waals surface area (Å²) in [6.07, 6.45) is 1.58. The van der Waals surface area contributed by atoms with E-state index in [9.17, 15) is 9.59 Å². The van der Waals surface area contributed by atoms with Gasteiger partial charge in [0.1, 0.15) is 17.1 Å². The first kappa shape index (κ1) is 19.9. The van der Waals surface area contributed by atoms with Crippen LogP contribution in [0, 0.1) is 13.8 Å². The predicted octanol–water partition coefficient (Wildman–Crippen LogP) is 4.38. The predicted molar refractivity (Wildman–Crippen MR) is 121 cm³/mol. The van der Waals surface area contributed by atoms with Gasteiger partial charge in [-0.05, 0) is 80.1 Å². The average Bonchev–Trinajstić information content (AvgIpc) is 3.04. The minimum Gasteiger partial charge on any atom is -0.457 e. The molecule has 0 saturated carbocycles. The first-order chi connectivity index (χ1) is 14.4. The summed E-state index contributed by atoms with van der Waals surface area (Å²) in [6, 6.07) is 16.3. The van der Waals surface area contributed by atoms with Crippen LogP contribution in [-0.2, 0) is 9.59 Å². The van der Waals surface area contributed by atoms with Crippen LogP contribution in [0.15, 0.2) is 60.2 Å². The second-order valence-corrected chi connectivity index (χ2v) is 7.97. The summed E-state index contributed by atoms with van der Waals surface area (Å²) in [5, 5.41) is 2.63. The van der Waals surface area contributed by atoms with Crippen LogP contribution in [0.2, 0.25) is 0 Å². The van der Waals surface area contributed by atoms with E-state index in [1.807, 2.05) is 44.2 Å². The molecule has 2 heterocycles. The third-order valence-corrected chi connectivity index (χ3v) is 5.70. The highest BCUT2D eigenvalue weighted by Gasteiger charge is 2.34. The highest BCUT2D eigenvalue weighted by atomic mass is 32.1. The molecule has 3 aromatic rings. The number of hydrogen-bond donors (Lipinski definition) is 1. The number of ether oxygens (including phenoxy) is 1. The molecule has 0 aliphatic carbocycles. The van der Waals surface area contributed by atoms with Gasteiger partial charge in [0.05, 0.1) is 11.4 Å². The summed E-state index contributed by atoms with van der Waals surface area (Å²) in [4.78, 5) is 27.8. The zero-order valence-electron chi connectivity index (χ0n) is 16.2. The van der Waals surface area contributed by atoms with E-state index in [-0.39, 0.29) is 10.7 Å². The lowest BCUT2D eigenvalue weighted by atomic mass is 10.1. The molecule has 2 amide bonds. The molecular formula is C22H17N3O3S2. The number of hydrogen-bond acceptors (Lipinski definition) is 6. The minimum atomic E-state index is -0.518. The SMILES string of the molecule is Cc1nsc(C)c1/C=C1\C(=O)NC(=S)N(c2ccc(Oc3ccccc3)cc2)C1=O. The molecule has 1 fully saturated rings. The van der Waals surface area contributed by atoms with E-state index in [0.717, 1.165) is 16.1 Å². The summed E-state index contributed by atoms with van der Waals surface area (Å²) in [5.41, 5.74) is 2.10. The van der Waals surface area contributed by atoms with Gasteiger partial charge in [0, 0.05) is 10.4 Å². The number of benzene rings is 2.